The number of benzene rings is 1. The van der Waals surface area contributed by atoms with Gasteiger partial charge in [0.2, 0.25) is 0 Å². The highest BCUT2D eigenvalue weighted by molar-refractivity contribution is 6.35. The van der Waals surface area contributed by atoms with E-state index in [0.29, 0.717) is 22.2 Å². The first-order chi connectivity index (χ1) is 13.2. The van der Waals surface area contributed by atoms with Crippen molar-refractivity contribution in [3.05, 3.63) is 60.3 Å². The summed E-state index contributed by atoms with van der Waals surface area (Å²) in [6.45, 7) is 0. The molecule has 132 valence electrons. The number of anilines is 2. The van der Waals surface area contributed by atoms with Gasteiger partial charge >= 0.3 is 0 Å². The second kappa shape index (κ2) is 6.07. The number of aromatic nitrogens is 5. The molecule has 4 heterocycles. The molecular formula is C19H13ClN6O. The fourth-order valence-electron chi connectivity index (χ4n) is 3.14. The van der Waals surface area contributed by atoms with E-state index < -0.39 is 0 Å². The zero-order valence-electron chi connectivity index (χ0n) is 14.2. The Morgan fingerprint density at radius 1 is 1.04 bits per heavy atom. The number of rotatable bonds is 3. The fourth-order valence-corrected chi connectivity index (χ4v) is 3.42. The number of furan rings is 1. The van der Waals surface area contributed by atoms with Crippen molar-refractivity contribution in [1.82, 2.24) is 24.7 Å². The molecule has 8 heteroatoms. The molecule has 5 rings (SSSR count). The van der Waals surface area contributed by atoms with Gasteiger partial charge in [-0.1, -0.05) is 11.6 Å². The molecule has 27 heavy (non-hydrogen) atoms. The van der Waals surface area contributed by atoms with Gasteiger partial charge in [-0.25, -0.2) is 9.97 Å². The molecule has 4 aromatic heterocycles. The van der Waals surface area contributed by atoms with E-state index in [9.17, 15) is 0 Å². The largest absolute Gasteiger partial charge is 0.449 e. The number of halogens is 1. The molecule has 0 aliphatic rings. The number of aryl methyl sites for hydroxylation is 1. The zero-order chi connectivity index (χ0) is 18.4. The van der Waals surface area contributed by atoms with Gasteiger partial charge in [-0.05, 0) is 24.3 Å². The Kier molecular flexibility index (Phi) is 3.54. The lowest BCUT2D eigenvalue weighted by Gasteiger charge is -2.09. The van der Waals surface area contributed by atoms with E-state index in [-0.39, 0.29) is 0 Å². The van der Waals surface area contributed by atoms with Crippen LogP contribution in [0.3, 0.4) is 0 Å². The average Bonchev–Trinajstić information content (AvgIpc) is 3.27. The van der Waals surface area contributed by atoms with Crippen LogP contribution in [0.25, 0.3) is 33.5 Å². The van der Waals surface area contributed by atoms with E-state index in [0.717, 1.165) is 27.7 Å². The molecule has 1 aromatic carbocycles. The van der Waals surface area contributed by atoms with Gasteiger partial charge in [0.15, 0.2) is 17.2 Å². The van der Waals surface area contributed by atoms with Crippen LogP contribution in [-0.2, 0) is 7.05 Å². The smallest absolute Gasteiger partial charge is 0.197 e. The Bertz CT molecular complexity index is 1280. The maximum atomic E-state index is 6.34. The summed E-state index contributed by atoms with van der Waals surface area (Å²) in [7, 11) is 1.86. The maximum absolute atomic E-state index is 6.34. The minimum Gasteiger partial charge on any atom is -0.449 e. The Morgan fingerprint density at radius 2 is 1.89 bits per heavy atom. The van der Waals surface area contributed by atoms with Crippen LogP contribution in [0, 0.1) is 0 Å². The number of hydrogen-bond donors (Lipinski definition) is 1. The highest BCUT2D eigenvalue weighted by Crippen LogP contribution is 2.40. The van der Waals surface area contributed by atoms with Crippen molar-refractivity contribution in [1.29, 1.82) is 0 Å². The molecule has 0 saturated carbocycles. The number of hydrogen-bond acceptors (Lipinski definition) is 6. The summed E-state index contributed by atoms with van der Waals surface area (Å²) in [5, 5.41) is 10.2. The van der Waals surface area contributed by atoms with Gasteiger partial charge in [0.1, 0.15) is 0 Å². The topological polar surface area (TPSA) is 81.7 Å². The quantitative estimate of drug-likeness (QED) is 0.496. The van der Waals surface area contributed by atoms with E-state index in [1.165, 1.54) is 0 Å². The van der Waals surface area contributed by atoms with Crippen molar-refractivity contribution >= 4 is 44.8 Å². The van der Waals surface area contributed by atoms with Crippen molar-refractivity contribution in [2.45, 2.75) is 0 Å². The molecular weight excluding hydrogens is 364 g/mol. The highest BCUT2D eigenvalue weighted by Gasteiger charge is 2.19. The van der Waals surface area contributed by atoms with Crippen LogP contribution >= 0.6 is 11.6 Å². The summed E-state index contributed by atoms with van der Waals surface area (Å²) in [6.07, 6.45) is 8.54. The number of fused-ring (bicyclic) bond motifs is 2. The van der Waals surface area contributed by atoms with Crippen LogP contribution in [0.15, 0.2) is 59.7 Å². The van der Waals surface area contributed by atoms with Gasteiger partial charge in [-0.3, -0.25) is 9.67 Å². The lowest BCUT2D eigenvalue weighted by atomic mass is 10.2. The fraction of sp³-hybridized carbons (Fsp3) is 0.0526. The molecule has 0 atom stereocenters. The van der Waals surface area contributed by atoms with Gasteiger partial charge in [0, 0.05) is 42.1 Å². The molecule has 0 spiro atoms. The second-order valence-electron chi connectivity index (χ2n) is 6.00. The summed E-state index contributed by atoms with van der Waals surface area (Å²) < 4.78 is 7.75. The normalized spacial score (nSPS) is 11.3. The monoisotopic (exact) mass is 376 g/mol. The molecule has 0 saturated heterocycles. The number of nitrogens with zero attached hydrogens (tertiary/aromatic N) is 5. The third kappa shape index (κ3) is 2.51. The third-order valence-electron chi connectivity index (χ3n) is 4.37. The molecule has 0 bridgehead atoms. The molecule has 1 N–H and O–H groups in total. The summed E-state index contributed by atoms with van der Waals surface area (Å²) >= 11 is 6.34. The predicted molar refractivity (Wildman–Crippen MR) is 104 cm³/mol. The van der Waals surface area contributed by atoms with E-state index >= 15 is 0 Å². The molecule has 0 fully saturated rings. The van der Waals surface area contributed by atoms with Crippen LogP contribution in [0.2, 0.25) is 5.02 Å². The molecule has 7 nitrogen and oxygen atoms in total. The van der Waals surface area contributed by atoms with Gasteiger partial charge in [0.25, 0.3) is 0 Å². The van der Waals surface area contributed by atoms with Gasteiger partial charge in [-0.2, -0.15) is 5.10 Å². The van der Waals surface area contributed by atoms with Crippen molar-refractivity contribution in [2.75, 3.05) is 5.32 Å². The van der Waals surface area contributed by atoms with Crippen molar-refractivity contribution in [3.8, 4) is 11.6 Å². The van der Waals surface area contributed by atoms with Crippen LogP contribution in [0.4, 0.5) is 11.4 Å². The standard InChI is InChI=1S/C19H13ClN6O/c1-26-17-12(9-24-26)14(4-3-13(17)20)25-16-11-5-8-21-10-15(11)27-18(16)19-22-6-2-7-23-19/h2-10,25H,1H3. The van der Waals surface area contributed by atoms with Crippen LogP contribution in [0.5, 0.6) is 0 Å². The van der Waals surface area contributed by atoms with E-state index in [1.807, 2.05) is 25.2 Å². The first-order valence-corrected chi connectivity index (χ1v) is 8.61. The molecule has 0 radical (unpaired) electrons. The maximum Gasteiger partial charge on any atom is 0.197 e. The third-order valence-corrected chi connectivity index (χ3v) is 4.68. The van der Waals surface area contributed by atoms with Crippen molar-refractivity contribution in [3.63, 3.8) is 0 Å². The summed E-state index contributed by atoms with van der Waals surface area (Å²) in [5.74, 6) is 1.04. The predicted octanol–water partition coefficient (Wildman–Crippen LogP) is 4.57. The molecule has 0 amide bonds. The van der Waals surface area contributed by atoms with Crippen LogP contribution in [0.1, 0.15) is 0 Å². The lowest BCUT2D eigenvalue weighted by molar-refractivity contribution is 0.624. The Balaban J connectivity index is 1.73. The summed E-state index contributed by atoms with van der Waals surface area (Å²) in [4.78, 5) is 12.8. The van der Waals surface area contributed by atoms with Gasteiger partial charge in [-0.15, -0.1) is 0 Å². The lowest BCUT2D eigenvalue weighted by Crippen LogP contribution is -1.95. The average molecular weight is 377 g/mol. The minimum absolute atomic E-state index is 0.493. The number of nitrogens with one attached hydrogen (secondary N) is 1. The van der Waals surface area contributed by atoms with Crippen LogP contribution < -0.4 is 5.32 Å². The first kappa shape index (κ1) is 15.8. The number of pyridine rings is 1. The Hall–Kier alpha value is -3.45. The van der Waals surface area contributed by atoms with Gasteiger partial charge < -0.3 is 9.73 Å². The van der Waals surface area contributed by atoms with Crippen LogP contribution in [-0.4, -0.2) is 24.7 Å². The highest BCUT2D eigenvalue weighted by atomic mass is 35.5. The summed E-state index contributed by atoms with van der Waals surface area (Å²) in [5.41, 5.74) is 3.14. The van der Waals surface area contributed by atoms with E-state index in [4.69, 9.17) is 16.0 Å². The molecule has 0 aliphatic carbocycles. The summed E-state index contributed by atoms with van der Waals surface area (Å²) in [6, 6.07) is 7.42. The SMILES string of the molecule is Cn1ncc2c(Nc3c(-c4ncccn4)oc4cnccc34)ccc(Cl)c21. The first-order valence-electron chi connectivity index (χ1n) is 8.23. The molecule has 5 aromatic rings. The molecule has 0 unspecified atom stereocenters. The second-order valence-corrected chi connectivity index (χ2v) is 6.41. The minimum atomic E-state index is 0.493. The van der Waals surface area contributed by atoms with Crippen molar-refractivity contribution < 1.29 is 4.42 Å². The zero-order valence-corrected chi connectivity index (χ0v) is 15.0. The molecule has 0 aliphatic heterocycles. The van der Waals surface area contributed by atoms with Gasteiger partial charge in [0.05, 0.1) is 28.6 Å². The Labute approximate surface area is 158 Å². The Morgan fingerprint density at radius 3 is 2.74 bits per heavy atom. The van der Waals surface area contributed by atoms with Crippen molar-refractivity contribution in [2.24, 2.45) is 7.05 Å². The van der Waals surface area contributed by atoms with E-state index in [1.54, 1.807) is 41.7 Å². The van der Waals surface area contributed by atoms with E-state index in [2.05, 4.69) is 25.4 Å².